The molecule has 1 N–H and O–H groups in total. The van der Waals surface area contributed by atoms with Gasteiger partial charge in [-0.05, 0) is 13.8 Å². The smallest absolute Gasteiger partial charge is 0.332 e. The zero-order valence-corrected chi connectivity index (χ0v) is 22.4. The Kier molecular flexibility index (Phi) is 5.90. The number of halogens is 2. The van der Waals surface area contributed by atoms with E-state index in [0.717, 1.165) is 9.13 Å². The molecule has 4 aromatic rings. The van der Waals surface area contributed by atoms with Crippen LogP contribution in [0.25, 0.3) is 21.7 Å². The van der Waals surface area contributed by atoms with Crippen molar-refractivity contribution >= 4 is 46.0 Å². The molecule has 1 amide bonds. The highest BCUT2D eigenvalue weighted by Gasteiger charge is 2.72. The monoisotopic (exact) mass is 571 g/mol. The highest BCUT2D eigenvalue weighted by molar-refractivity contribution is 7.13. The van der Waals surface area contributed by atoms with E-state index in [0.29, 0.717) is 16.5 Å². The lowest BCUT2D eigenvalue weighted by molar-refractivity contribution is -0.119. The fourth-order valence-corrected chi connectivity index (χ4v) is 5.76. The summed E-state index contributed by atoms with van der Waals surface area (Å²) in [6.07, 6.45) is 4.42. The van der Waals surface area contributed by atoms with E-state index < -0.39 is 47.5 Å². The molecule has 2 aliphatic rings. The van der Waals surface area contributed by atoms with E-state index in [-0.39, 0.29) is 35.9 Å². The Morgan fingerprint density at radius 2 is 1.85 bits per heavy atom. The van der Waals surface area contributed by atoms with Crippen LogP contribution in [0.4, 0.5) is 20.5 Å². The number of piperidine rings is 1. The van der Waals surface area contributed by atoms with Gasteiger partial charge in [-0.3, -0.25) is 23.5 Å². The van der Waals surface area contributed by atoms with Gasteiger partial charge in [-0.25, -0.2) is 33.5 Å². The molecule has 3 atom stereocenters. The van der Waals surface area contributed by atoms with Crippen molar-refractivity contribution in [2.45, 2.75) is 32.4 Å². The molecule has 0 radical (unpaired) electrons. The number of alkyl halides is 2. The van der Waals surface area contributed by atoms with Crippen LogP contribution in [0, 0.1) is 11.8 Å². The van der Waals surface area contributed by atoms with Crippen molar-refractivity contribution in [2.24, 2.45) is 18.9 Å². The average molecular weight is 572 g/mol. The van der Waals surface area contributed by atoms with Crippen molar-refractivity contribution in [1.82, 2.24) is 33.6 Å². The van der Waals surface area contributed by atoms with Crippen LogP contribution in [-0.4, -0.2) is 64.3 Å². The van der Waals surface area contributed by atoms with Gasteiger partial charge >= 0.3 is 5.69 Å². The quantitative estimate of drug-likeness (QED) is 0.346. The average Bonchev–Trinajstić information content (AvgIpc) is 3.51. The number of carbonyl (C=O) groups excluding carboxylic acids is 2. The van der Waals surface area contributed by atoms with Crippen molar-refractivity contribution in [3.8, 4) is 10.6 Å². The molecule has 40 heavy (non-hydrogen) atoms. The largest absolute Gasteiger partial charge is 0.340 e. The zero-order valence-electron chi connectivity index (χ0n) is 21.5. The molecule has 1 saturated carbocycles. The van der Waals surface area contributed by atoms with Crippen LogP contribution in [0.5, 0.6) is 0 Å². The lowest BCUT2D eigenvalue weighted by Crippen LogP contribution is -2.41. The molecule has 4 aromatic heterocycles. The van der Waals surface area contributed by atoms with Crippen LogP contribution < -0.4 is 21.5 Å². The number of imidazole rings is 1. The normalized spacial score (nSPS) is 20.0. The molecule has 1 saturated heterocycles. The van der Waals surface area contributed by atoms with Crippen LogP contribution in [0.1, 0.15) is 19.9 Å². The number of amides is 1. The number of rotatable bonds is 7. The summed E-state index contributed by atoms with van der Waals surface area (Å²) in [4.78, 5) is 69.2. The number of fused-ring (bicyclic) bond motifs is 2. The van der Waals surface area contributed by atoms with E-state index in [1.54, 1.807) is 29.6 Å². The molecule has 13 nitrogen and oxygen atoms in total. The van der Waals surface area contributed by atoms with Gasteiger partial charge in [-0.1, -0.05) is 0 Å². The second kappa shape index (κ2) is 9.11. The van der Waals surface area contributed by atoms with E-state index in [4.69, 9.17) is 0 Å². The van der Waals surface area contributed by atoms with Crippen LogP contribution in [0.15, 0.2) is 33.7 Å². The Bertz CT molecular complexity index is 1780. The Hall–Kier alpha value is -4.34. The summed E-state index contributed by atoms with van der Waals surface area (Å²) in [6.45, 7) is 2.90. The zero-order chi connectivity index (χ0) is 28.5. The predicted octanol–water partition coefficient (Wildman–Crippen LogP) is 1.30. The van der Waals surface area contributed by atoms with Gasteiger partial charge in [0.05, 0.1) is 24.7 Å². The third-order valence-corrected chi connectivity index (χ3v) is 8.25. The minimum absolute atomic E-state index is 0.0150. The number of ketones is 1. The summed E-state index contributed by atoms with van der Waals surface area (Å²) >= 11 is 1.25. The summed E-state index contributed by atoms with van der Waals surface area (Å²) in [5.74, 6) is -4.03. The Labute approximate surface area is 228 Å². The standard InChI is InChI=1S/C24H23F2N9O4S/c1-11(36)6-34-21(38)17-18(32(3)23(34)39)29-10-35(17)12(2)19(37)30-16-9-40-20(31-16)13-4-27-22(28-5-13)33-7-14-15(8-33)24(14,25)26/h4-5,9-10,12,14-15H,6-8H2,1-3H3,(H,30,37). The van der Waals surface area contributed by atoms with E-state index in [2.05, 4.69) is 25.3 Å². The van der Waals surface area contributed by atoms with E-state index in [9.17, 15) is 28.0 Å². The number of hydrogen-bond acceptors (Lipinski definition) is 10. The summed E-state index contributed by atoms with van der Waals surface area (Å²) in [7, 11) is 1.43. The van der Waals surface area contributed by atoms with Gasteiger partial charge in [0.1, 0.15) is 22.7 Å². The minimum atomic E-state index is -2.58. The number of anilines is 2. The van der Waals surface area contributed by atoms with Crippen molar-refractivity contribution < 1.29 is 18.4 Å². The molecular formula is C24H23F2N9O4S. The molecule has 6 rings (SSSR count). The van der Waals surface area contributed by atoms with E-state index in [1.807, 2.05) is 0 Å². The Balaban J connectivity index is 1.18. The van der Waals surface area contributed by atoms with Gasteiger partial charge in [-0.2, -0.15) is 0 Å². The summed E-state index contributed by atoms with van der Waals surface area (Å²) in [5.41, 5.74) is -0.690. The number of thiazole rings is 1. The van der Waals surface area contributed by atoms with E-state index in [1.165, 1.54) is 36.2 Å². The van der Waals surface area contributed by atoms with Crippen molar-refractivity contribution in [1.29, 1.82) is 0 Å². The minimum Gasteiger partial charge on any atom is -0.340 e. The van der Waals surface area contributed by atoms with Gasteiger partial charge in [0, 0.05) is 43.5 Å². The molecule has 1 aliphatic heterocycles. The molecule has 208 valence electrons. The number of nitrogens with zero attached hydrogens (tertiary/aromatic N) is 8. The summed E-state index contributed by atoms with van der Waals surface area (Å²) < 4.78 is 30.2. The SMILES string of the molecule is CC(=O)Cn1c(=O)c2c(ncn2C(C)C(=O)Nc2csc(-c3cnc(N4CC5C(C4)C5(F)F)nc3)n2)n(C)c1=O. The van der Waals surface area contributed by atoms with Gasteiger partial charge in [0.25, 0.3) is 11.5 Å². The fraction of sp³-hybridized carbons (Fsp3) is 0.417. The lowest BCUT2D eigenvalue weighted by Gasteiger charge is -2.19. The van der Waals surface area contributed by atoms with Crippen molar-refractivity contribution in [3.05, 3.63) is 44.9 Å². The number of nitrogens with one attached hydrogen (secondary N) is 1. The first-order valence-electron chi connectivity index (χ1n) is 12.3. The molecule has 0 aromatic carbocycles. The number of carbonyl (C=O) groups is 2. The van der Waals surface area contributed by atoms with Crippen LogP contribution in [0.3, 0.4) is 0 Å². The van der Waals surface area contributed by atoms with Crippen LogP contribution in [-0.2, 0) is 23.2 Å². The molecule has 16 heteroatoms. The van der Waals surface area contributed by atoms with Gasteiger partial charge in [0.2, 0.25) is 11.9 Å². The number of hydrogen-bond donors (Lipinski definition) is 1. The van der Waals surface area contributed by atoms with Crippen LogP contribution >= 0.6 is 11.3 Å². The Morgan fingerprint density at radius 3 is 2.50 bits per heavy atom. The highest BCUT2D eigenvalue weighted by atomic mass is 32.1. The molecule has 5 heterocycles. The lowest BCUT2D eigenvalue weighted by atomic mass is 10.3. The number of aromatic nitrogens is 7. The van der Waals surface area contributed by atoms with Crippen molar-refractivity contribution in [3.63, 3.8) is 0 Å². The van der Waals surface area contributed by atoms with Crippen LogP contribution in [0.2, 0.25) is 0 Å². The topological polar surface area (TPSA) is 150 Å². The summed E-state index contributed by atoms with van der Waals surface area (Å²) in [5, 5.41) is 4.89. The van der Waals surface area contributed by atoms with Gasteiger partial charge in [-0.15, -0.1) is 11.3 Å². The third-order valence-electron chi connectivity index (χ3n) is 7.36. The second-order valence-corrected chi connectivity index (χ2v) is 10.9. The third kappa shape index (κ3) is 4.09. The van der Waals surface area contributed by atoms with Gasteiger partial charge < -0.3 is 14.8 Å². The van der Waals surface area contributed by atoms with Crippen molar-refractivity contribution in [2.75, 3.05) is 23.3 Å². The maximum atomic E-state index is 13.5. The fourth-order valence-electron chi connectivity index (χ4n) is 5.03. The predicted molar refractivity (Wildman–Crippen MR) is 141 cm³/mol. The first kappa shape index (κ1) is 25.9. The second-order valence-electron chi connectivity index (χ2n) is 10.0. The molecule has 2 fully saturated rings. The molecule has 1 aliphatic carbocycles. The molecule has 3 unspecified atom stereocenters. The maximum Gasteiger partial charge on any atom is 0.332 e. The number of aryl methyl sites for hydroxylation is 1. The number of Topliss-reactive ketones (excluding diaryl/α,β-unsaturated/α-hetero) is 1. The highest BCUT2D eigenvalue weighted by Crippen LogP contribution is 2.59. The molecule has 0 bridgehead atoms. The first-order valence-corrected chi connectivity index (χ1v) is 13.2. The van der Waals surface area contributed by atoms with E-state index >= 15 is 0 Å². The van der Waals surface area contributed by atoms with Gasteiger partial charge in [0.15, 0.2) is 11.2 Å². The molecular weight excluding hydrogens is 548 g/mol. The first-order chi connectivity index (χ1) is 19.0. The Morgan fingerprint density at radius 1 is 1.18 bits per heavy atom. The maximum absolute atomic E-state index is 13.5. The summed E-state index contributed by atoms with van der Waals surface area (Å²) in [6, 6.07) is -0.909. The molecule has 0 spiro atoms.